The Kier molecular flexibility index (Phi) is 3.89. The van der Waals surface area contributed by atoms with Gasteiger partial charge in [0, 0.05) is 16.3 Å². The molecule has 2 N–H and O–H groups in total. The number of para-hydroxylation sites is 1. The van der Waals surface area contributed by atoms with Gasteiger partial charge in [0.2, 0.25) is 0 Å². The summed E-state index contributed by atoms with van der Waals surface area (Å²) in [5.74, 6) is 1.43. The molecule has 0 aliphatic heterocycles. The lowest BCUT2D eigenvalue weighted by atomic mass is 10.0. The molecule has 0 saturated carbocycles. The molecule has 0 atom stereocenters. The summed E-state index contributed by atoms with van der Waals surface area (Å²) in [6.45, 7) is 0. The van der Waals surface area contributed by atoms with Gasteiger partial charge in [0.25, 0.3) is 0 Å². The Balaban J connectivity index is 1.56. The Morgan fingerprint density at radius 1 is 0.710 bits per heavy atom. The van der Waals surface area contributed by atoms with Crippen molar-refractivity contribution in [2.45, 2.75) is 0 Å². The molecule has 6 rings (SSSR count). The number of benzene rings is 4. The van der Waals surface area contributed by atoms with E-state index in [1.807, 2.05) is 48.5 Å². The summed E-state index contributed by atoms with van der Waals surface area (Å²) < 4.78 is 13.8. The first kappa shape index (κ1) is 17.5. The van der Waals surface area contributed by atoms with Crippen LogP contribution in [0.1, 0.15) is 0 Å². The highest BCUT2D eigenvalue weighted by molar-refractivity contribution is 5.99. The highest BCUT2D eigenvalue weighted by atomic mass is 19.1. The Labute approximate surface area is 176 Å². The number of nitrogens with one attached hydrogen (secondary N) is 2. The molecule has 31 heavy (non-hydrogen) atoms. The van der Waals surface area contributed by atoms with Gasteiger partial charge in [-0.2, -0.15) is 5.10 Å². The number of rotatable bonds is 3. The second-order valence-electron chi connectivity index (χ2n) is 7.33. The van der Waals surface area contributed by atoms with E-state index in [9.17, 15) is 4.39 Å². The predicted molar refractivity (Wildman–Crippen MR) is 122 cm³/mol. The monoisotopic (exact) mass is 405 g/mol. The number of nitrogens with zero attached hydrogens (tertiary/aromatic N) is 3. The minimum absolute atomic E-state index is 0.319. The van der Waals surface area contributed by atoms with Crippen molar-refractivity contribution in [1.29, 1.82) is 0 Å². The van der Waals surface area contributed by atoms with Gasteiger partial charge in [-0.15, -0.1) is 0 Å². The van der Waals surface area contributed by atoms with Gasteiger partial charge in [-0.3, -0.25) is 5.10 Å². The number of H-pyrrole nitrogens is 1. The fraction of sp³-hybridized carbons (Fsp3) is 0. The smallest absolute Gasteiger partial charge is 0.162 e. The minimum atomic E-state index is -0.319. The number of hydrogen-bond acceptors (Lipinski definition) is 4. The average Bonchev–Trinajstić information content (AvgIpc) is 3.20. The molecule has 0 radical (unpaired) electrons. The summed E-state index contributed by atoms with van der Waals surface area (Å²) in [5.41, 5.74) is 2.51. The van der Waals surface area contributed by atoms with Crippen LogP contribution in [0, 0.1) is 5.82 Å². The predicted octanol–water partition coefficient (Wildman–Crippen LogP) is 6.21. The number of aromatic nitrogens is 4. The van der Waals surface area contributed by atoms with Crippen molar-refractivity contribution in [3.63, 3.8) is 0 Å². The zero-order valence-electron chi connectivity index (χ0n) is 16.3. The number of fused-ring (bicyclic) bond motifs is 3. The molecule has 0 aliphatic carbocycles. The van der Waals surface area contributed by atoms with Crippen LogP contribution >= 0.6 is 0 Å². The van der Waals surface area contributed by atoms with E-state index < -0.39 is 0 Å². The highest BCUT2D eigenvalue weighted by Crippen LogP contribution is 2.32. The van der Waals surface area contributed by atoms with E-state index >= 15 is 0 Å². The molecule has 0 amide bonds. The van der Waals surface area contributed by atoms with Crippen molar-refractivity contribution in [3.05, 3.63) is 90.7 Å². The maximum atomic E-state index is 13.8. The Morgan fingerprint density at radius 3 is 2.45 bits per heavy atom. The summed E-state index contributed by atoms with van der Waals surface area (Å²) in [7, 11) is 0. The van der Waals surface area contributed by atoms with Gasteiger partial charge in [0.05, 0.1) is 11.0 Å². The lowest BCUT2D eigenvalue weighted by Gasteiger charge is -2.11. The van der Waals surface area contributed by atoms with Gasteiger partial charge in [-0.05, 0) is 41.1 Å². The molecule has 0 saturated heterocycles. The van der Waals surface area contributed by atoms with Gasteiger partial charge in [0.1, 0.15) is 11.6 Å². The Morgan fingerprint density at radius 2 is 1.52 bits per heavy atom. The summed E-state index contributed by atoms with van der Waals surface area (Å²) in [4.78, 5) is 9.68. The molecule has 5 nitrogen and oxygen atoms in total. The molecule has 6 aromatic rings. The first-order chi connectivity index (χ1) is 15.3. The quantitative estimate of drug-likeness (QED) is 0.367. The van der Waals surface area contributed by atoms with Crippen molar-refractivity contribution < 1.29 is 4.39 Å². The van der Waals surface area contributed by atoms with E-state index in [0.717, 1.165) is 32.8 Å². The van der Waals surface area contributed by atoms with Gasteiger partial charge in [-0.25, -0.2) is 14.4 Å². The van der Waals surface area contributed by atoms with Crippen molar-refractivity contribution in [3.8, 4) is 11.4 Å². The summed E-state index contributed by atoms with van der Waals surface area (Å²) >= 11 is 0. The molecule has 148 valence electrons. The van der Waals surface area contributed by atoms with Crippen LogP contribution in [0.25, 0.3) is 44.0 Å². The third-order valence-corrected chi connectivity index (χ3v) is 5.40. The van der Waals surface area contributed by atoms with E-state index in [-0.39, 0.29) is 5.82 Å². The fourth-order valence-corrected chi connectivity index (χ4v) is 3.91. The molecule has 0 spiro atoms. The van der Waals surface area contributed by atoms with Crippen LogP contribution in [0.15, 0.2) is 84.9 Å². The summed E-state index contributed by atoms with van der Waals surface area (Å²) in [5, 5.41) is 14.3. The van der Waals surface area contributed by atoms with Gasteiger partial charge in [0.15, 0.2) is 11.6 Å². The van der Waals surface area contributed by atoms with Crippen molar-refractivity contribution in [2.75, 3.05) is 5.32 Å². The molecular formula is C25H16FN5. The number of aromatic amines is 1. The molecule has 0 aliphatic rings. The second-order valence-corrected chi connectivity index (χ2v) is 7.33. The Bertz CT molecular complexity index is 1580. The lowest BCUT2D eigenvalue weighted by molar-refractivity contribution is 0.630. The zero-order valence-corrected chi connectivity index (χ0v) is 16.3. The zero-order chi connectivity index (χ0) is 20.8. The van der Waals surface area contributed by atoms with Gasteiger partial charge >= 0.3 is 0 Å². The van der Waals surface area contributed by atoms with Crippen molar-refractivity contribution in [2.24, 2.45) is 0 Å². The van der Waals surface area contributed by atoms with Crippen LogP contribution in [0.4, 0.5) is 16.0 Å². The lowest BCUT2D eigenvalue weighted by Crippen LogP contribution is -2.00. The Hall–Kier alpha value is -4.32. The van der Waals surface area contributed by atoms with E-state index in [4.69, 9.17) is 9.97 Å². The number of anilines is 2. The highest BCUT2D eigenvalue weighted by Gasteiger charge is 2.14. The van der Waals surface area contributed by atoms with Crippen LogP contribution in [-0.2, 0) is 0 Å². The fourth-order valence-electron chi connectivity index (χ4n) is 3.91. The maximum Gasteiger partial charge on any atom is 0.162 e. The average molecular weight is 405 g/mol. The van der Waals surface area contributed by atoms with Crippen LogP contribution in [0.2, 0.25) is 0 Å². The topological polar surface area (TPSA) is 66.5 Å². The molecule has 4 aromatic carbocycles. The van der Waals surface area contributed by atoms with Crippen molar-refractivity contribution >= 4 is 44.2 Å². The normalized spacial score (nSPS) is 11.4. The van der Waals surface area contributed by atoms with Crippen molar-refractivity contribution in [1.82, 2.24) is 20.2 Å². The molecule has 0 bridgehead atoms. The first-order valence-electron chi connectivity index (χ1n) is 9.92. The standard InChI is InChI=1S/C25H16FN5/c26-16-12-13-22-20(14-16)25(31-30-22)29-24-19-9-3-4-11-21(19)27-23(28-24)18-10-5-7-15-6-1-2-8-17(15)18/h1-14H,(H2,27,28,29,30,31). The third-order valence-electron chi connectivity index (χ3n) is 5.40. The van der Waals surface area contributed by atoms with Gasteiger partial charge in [-0.1, -0.05) is 54.6 Å². The van der Waals surface area contributed by atoms with Gasteiger partial charge < -0.3 is 5.32 Å². The molecule has 6 heteroatoms. The van der Waals surface area contributed by atoms with E-state index in [1.54, 1.807) is 6.07 Å². The first-order valence-corrected chi connectivity index (χ1v) is 9.92. The van der Waals surface area contributed by atoms with Crippen LogP contribution in [0.3, 0.4) is 0 Å². The number of hydrogen-bond donors (Lipinski definition) is 2. The van der Waals surface area contributed by atoms with Crippen LogP contribution in [-0.4, -0.2) is 20.2 Å². The number of halogens is 1. The van der Waals surface area contributed by atoms with Crippen LogP contribution < -0.4 is 5.32 Å². The second kappa shape index (κ2) is 6.88. The van der Waals surface area contributed by atoms with Crippen LogP contribution in [0.5, 0.6) is 0 Å². The minimum Gasteiger partial charge on any atom is -0.322 e. The molecule has 0 fully saturated rings. The molecule has 2 aromatic heterocycles. The maximum absolute atomic E-state index is 13.8. The van der Waals surface area contributed by atoms with E-state index in [2.05, 4.69) is 33.7 Å². The summed E-state index contributed by atoms with van der Waals surface area (Å²) in [6.07, 6.45) is 0. The SMILES string of the molecule is Fc1ccc2[nH]nc(Nc3nc(-c4cccc5ccccc45)nc4ccccc34)c2c1. The molecular weight excluding hydrogens is 389 g/mol. The molecule has 0 unspecified atom stereocenters. The third kappa shape index (κ3) is 2.97. The largest absolute Gasteiger partial charge is 0.322 e. The van der Waals surface area contributed by atoms with E-state index in [1.165, 1.54) is 12.1 Å². The summed E-state index contributed by atoms with van der Waals surface area (Å²) in [6, 6.07) is 26.6. The van der Waals surface area contributed by atoms with E-state index in [0.29, 0.717) is 22.8 Å². The molecule has 2 heterocycles.